The van der Waals surface area contributed by atoms with Gasteiger partial charge in [-0.1, -0.05) is 6.92 Å². The summed E-state index contributed by atoms with van der Waals surface area (Å²) in [7, 11) is 1.68. The molecule has 2 aliphatic heterocycles. The fraction of sp³-hybridized carbons (Fsp3) is 0.632. The zero-order valence-electron chi connectivity index (χ0n) is 16.7. The number of likely N-dealkylation sites (tertiary alicyclic amines) is 1. The SMILES string of the molecule is CCCN1CCC(CNC(=NC)NCc2cc3c(cc2OC(F)F)OCO3)C1.I. The number of nitrogens with one attached hydrogen (secondary N) is 2. The number of halogens is 3. The van der Waals surface area contributed by atoms with Crippen molar-refractivity contribution in [3.8, 4) is 17.2 Å². The van der Waals surface area contributed by atoms with Crippen LogP contribution in [0.1, 0.15) is 25.3 Å². The first kappa shape index (κ1) is 23.7. The molecule has 0 aromatic heterocycles. The molecule has 2 N–H and O–H groups in total. The molecule has 0 aliphatic carbocycles. The lowest BCUT2D eigenvalue weighted by molar-refractivity contribution is -0.0505. The minimum atomic E-state index is -2.91. The third kappa shape index (κ3) is 6.73. The zero-order chi connectivity index (χ0) is 19.9. The Morgan fingerprint density at radius 1 is 1.31 bits per heavy atom. The average Bonchev–Trinajstić information content (AvgIpc) is 3.30. The first-order chi connectivity index (χ1) is 13.6. The van der Waals surface area contributed by atoms with Crippen LogP contribution in [0.5, 0.6) is 17.2 Å². The topological polar surface area (TPSA) is 67.4 Å². The Morgan fingerprint density at radius 2 is 2.07 bits per heavy atom. The van der Waals surface area contributed by atoms with E-state index in [-0.39, 0.29) is 43.1 Å². The van der Waals surface area contributed by atoms with Crippen LogP contribution in [0.2, 0.25) is 0 Å². The molecule has 2 aliphatic rings. The summed E-state index contributed by atoms with van der Waals surface area (Å²) in [4.78, 5) is 6.69. The van der Waals surface area contributed by atoms with Crippen molar-refractivity contribution < 1.29 is 23.0 Å². The summed E-state index contributed by atoms with van der Waals surface area (Å²) in [5.74, 6) is 2.18. The Hall–Kier alpha value is -1.56. The lowest BCUT2D eigenvalue weighted by atomic mass is 10.1. The van der Waals surface area contributed by atoms with Crippen LogP contribution in [-0.2, 0) is 6.54 Å². The summed E-state index contributed by atoms with van der Waals surface area (Å²) >= 11 is 0. The number of nitrogens with zero attached hydrogens (tertiary/aromatic N) is 2. The zero-order valence-corrected chi connectivity index (χ0v) is 19.1. The summed E-state index contributed by atoms with van der Waals surface area (Å²) in [5, 5.41) is 6.48. The van der Waals surface area contributed by atoms with Crippen LogP contribution in [0.3, 0.4) is 0 Å². The molecule has 10 heteroatoms. The van der Waals surface area contributed by atoms with Crippen LogP contribution < -0.4 is 24.8 Å². The predicted octanol–water partition coefficient (Wildman–Crippen LogP) is 3.03. The van der Waals surface area contributed by atoms with E-state index in [1.165, 1.54) is 18.9 Å². The van der Waals surface area contributed by atoms with Crippen LogP contribution in [0, 0.1) is 5.92 Å². The van der Waals surface area contributed by atoms with Crippen LogP contribution in [-0.4, -0.2) is 57.5 Å². The van der Waals surface area contributed by atoms with Crippen LogP contribution in [0.25, 0.3) is 0 Å². The van der Waals surface area contributed by atoms with E-state index in [9.17, 15) is 8.78 Å². The van der Waals surface area contributed by atoms with Gasteiger partial charge in [0.2, 0.25) is 6.79 Å². The Labute approximate surface area is 187 Å². The lowest BCUT2D eigenvalue weighted by Crippen LogP contribution is -2.40. The number of alkyl halides is 2. The van der Waals surface area contributed by atoms with Crippen molar-refractivity contribution >= 4 is 29.9 Å². The number of fused-ring (bicyclic) bond motifs is 1. The monoisotopic (exact) mass is 526 g/mol. The number of ether oxygens (including phenoxy) is 3. The first-order valence-electron chi connectivity index (χ1n) is 9.63. The molecular formula is C19H29F2IN4O3. The highest BCUT2D eigenvalue weighted by atomic mass is 127. The van der Waals surface area contributed by atoms with Gasteiger partial charge in [0.05, 0.1) is 0 Å². The molecule has 2 heterocycles. The van der Waals surface area contributed by atoms with Crippen molar-refractivity contribution in [1.29, 1.82) is 0 Å². The summed E-state index contributed by atoms with van der Waals surface area (Å²) in [6.07, 6.45) is 2.33. The maximum absolute atomic E-state index is 12.7. The second kappa shape index (κ2) is 11.6. The van der Waals surface area contributed by atoms with E-state index >= 15 is 0 Å². The van der Waals surface area contributed by atoms with Crippen molar-refractivity contribution in [3.05, 3.63) is 17.7 Å². The molecule has 3 rings (SSSR count). The standard InChI is InChI=1S/C19H28F2N4O3.HI/c1-3-5-25-6-4-13(11-25)9-23-19(22-2)24-10-14-7-16-17(27-12-26-16)8-15(14)28-18(20)21;/h7-8,13,18H,3-6,9-12H2,1-2H3,(H2,22,23,24);1H. The summed E-state index contributed by atoms with van der Waals surface area (Å²) in [6, 6.07) is 3.09. The van der Waals surface area contributed by atoms with E-state index in [0.717, 1.165) is 26.2 Å². The second-order valence-electron chi connectivity index (χ2n) is 6.95. The molecule has 0 radical (unpaired) electrons. The van der Waals surface area contributed by atoms with Crippen molar-refractivity contribution in [3.63, 3.8) is 0 Å². The van der Waals surface area contributed by atoms with Gasteiger partial charge in [-0.2, -0.15) is 8.78 Å². The maximum atomic E-state index is 12.7. The van der Waals surface area contributed by atoms with Crippen LogP contribution in [0.15, 0.2) is 17.1 Å². The number of hydrogen-bond acceptors (Lipinski definition) is 5. The number of hydrogen-bond donors (Lipinski definition) is 2. The molecule has 1 aromatic rings. The molecule has 1 atom stereocenters. The molecule has 7 nitrogen and oxygen atoms in total. The minimum Gasteiger partial charge on any atom is -0.454 e. The van der Waals surface area contributed by atoms with E-state index in [1.54, 1.807) is 13.1 Å². The Kier molecular flexibility index (Phi) is 9.47. The Morgan fingerprint density at radius 3 is 2.76 bits per heavy atom. The molecule has 1 aromatic carbocycles. The molecule has 0 amide bonds. The predicted molar refractivity (Wildman–Crippen MR) is 118 cm³/mol. The van der Waals surface area contributed by atoms with Crippen molar-refractivity contribution in [1.82, 2.24) is 15.5 Å². The van der Waals surface area contributed by atoms with E-state index in [4.69, 9.17) is 9.47 Å². The number of aliphatic imine (C=N–C) groups is 1. The lowest BCUT2D eigenvalue weighted by Gasteiger charge is -2.18. The normalized spacial score (nSPS) is 18.7. The molecular weight excluding hydrogens is 497 g/mol. The maximum Gasteiger partial charge on any atom is 0.387 e. The Balaban J connectivity index is 0.00000300. The van der Waals surface area contributed by atoms with Crippen molar-refractivity contribution in [2.45, 2.75) is 32.9 Å². The number of rotatable bonds is 8. The summed E-state index contributed by atoms with van der Waals surface area (Å²) < 4.78 is 40.7. The third-order valence-electron chi connectivity index (χ3n) is 4.91. The quantitative estimate of drug-likeness (QED) is 0.309. The van der Waals surface area contributed by atoms with Crippen molar-refractivity contribution in [2.75, 3.05) is 40.0 Å². The fourth-order valence-corrected chi connectivity index (χ4v) is 3.55. The number of benzene rings is 1. The fourth-order valence-electron chi connectivity index (χ4n) is 3.55. The van der Waals surface area contributed by atoms with Gasteiger partial charge < -0.3 is 29.7 Å². The van der Waals surface area contributed by atoms with Gasteiger partial charge in [-0.15, -0.1) is 24.0 Å². The van der Waals surface area contributed by atoms with Gasteiger partial charge in [0.1, 0.15) is 5.75 Å². The first-order valence-corrected chi connectivity index (χ1v) is 9.63. The molecule has 0 spiro atoms. The van der Waals surface area contributed by atoms with Crippen molar-refractivity contribution in [2.24, 2.45) is 10.9 Å². The number of guanidine groups is 1. The molecule has 164 valence electrons. The van der Waals surface area contributed by atoms with Gasteiger partial charge in [0.25, 0.3) is 0 Å². The largest absolute Gasteiger partial charge is 0.454 e. The Bertz CT molecular complexity index is 694. The van der Waals surface area contributed by atoms with E-state index in [2.05, 4.69) is 32.2 Å². The molecule has 1 saturated heterocycles. The highest BCUT2D eigenvalue weighted by molar-refractivity contribution is 14.0. The van der Waals surface area contributed by atoms with Crippen LogP contribution in [0.4, 0.5) is 8.78 Å². The summed E-state index contributed by atoms with van der Waals surface area (Å²) in [5.41, 5.74) is 0.544. The second-order valence-corrected chi connectivity index (χ2v) is 6.95. The van der Waals surface area contributed by atoms with Gasteiger partial charge in [-0.3, -0.25) is 4.99 Å². The molecule has 0 saturated carbocycles. The van der Waals surface area contributed by atoms with Crippen LogP contribution >= 0.6 is 24.0 Å². The third-order valence-corrected chi connectivity index (χ3v) is 4.91. The van der Waals surface area contributed by atoms with Gasteiger partial charge in [-0.25, -0.2) is 0 Å². The van der Waals surface area contributed by atoms with E-state index in [0.29, 0.717) is 28.9 Å². The summed E-state index contributed by atoms with van der Waals surface area (Å²) in [6.45, 7) is 3.81. The minimum absolute atomic E-state index is 0. The highest BCUT2D eigenvalue weighted by Gasteiger charge is 2.22. The van der Waals surface area contributed by atoms with Gasteiger partial charge in [0.15, 0.2) is 17.5 Å². The van der Waals surface area contributed by atoms with Gasteiger partial charge >= 0.3 is 6.61 Å². The van der Waals surface area contributed by atoms with E-state index in [1.807, 2.05) is 0 Å². The van der Waals surface area contributed by atoms with Gasteiger partial charge in [0, 0.05) is 38.3 Å². The van der Waals surface area contributed by atoms with Gasteiger partial charge in [-0.05, 0) is 37.9 Å². The molecule has 0 bridgehead atoms. The van der Waals surface area contributed by atoms with E-state index < -0.39 is 6.61 Å². The molecule has 1 fully saturated rings. The molecule has 1 unspecified atom stereocenters. The smallest absolute Gasteiger partial charge is 0.387 e. The highest BCUT2D eigenvalue weighted by Crippen LogP contribution is 2.38. The molecule has 29 heavy (non-hydrogen) atoms. The average molecular weight is 526 g/mol.